The smallest absolute Gasteiger partial charge is 0.333 e. The SMILES string of the molecule is CN(C)c1ccc2c(c1)n(-c1ccc(CC[C@H](NC(=O)c3c(F)cccc3Cl)C(=O)O)cc1)c(=O)n2C. The summed E-state index contributed by atoms with van der Waals surface area (Å²) in [7, 11) is 5.58. The molecule has 37 heavy (non-hydrogen) atoms. The van der Waals surface area contributed by atoms with E-state index in [-0.39, 0.29) is 17.1 Å². The van der Waals surface area contributed by atoms with Gasteiger partial charge in [0.1, 0.15) is 11.9 Å². The molecule has 4 aromatic rings. The predicted octanol–water partition coefficient (Wildman–Crippen LogP) is 4.00. The van der Waals surface area contributed by atoms with Crippen molar-refractivity contribution < 1.29 is 19.1 Å². The van der Waals surface area contributed by atoms with Crippen molar-refractivity contribution in [3.05, 3.63) is 93.1 Å². The molecule has 1 atom stereocenters. The number of aromatic nitrogens is 2. The van der Waals surface area contributed by atoms with Crippen molar-refractivity contribution in [1.29, 1.82) is 0 Å². The van der Waals surface area contributed by atoms with E-state index in [0.717, 1.165) is 28.4 Å². The van der Waals surface area contributed by atoms with Crippen LogP contribution in [-0.2, 0) is 18.3 Å². The first-order valence-electron chi connectivity index (χ1n) is 11.5. The number of hydrogen-bond donors (Lipinski definition) is 2. The number of imidazole rings is 1. The van der Waals surface area contributed by atoms with Gasteiger partial charge in [0.05, 0.1) is 27.3 Å². The maximum absolute atomic E-state index is 14.0. The van der Waals surface area contributed by atoms with E-state index in [1.54, 1.807) is 28.3 Å². The van der Waals surface area contributed by atoms with E-state index in [4.69, 9.17) is 11.6 Å². The second kappa shape index (κ2) is 10.5. The summed E-state index contributed by atoms with van der Waals surface area (Å²) in [4.78, 5) is 39.2. The summed E-state index contributed by atoms with van der Waals surface area (Å²) in [5, 5.41) is 11.8. The van der Waals surface area contributed by atoms with Gasteiger partial charge in [0.25, 0.3) is 5.91 Å². The van der Waals surface area contributed by atoms with E-state index < -0.39 is 29.3 Å². The molecule has 1 aromatic heterocycles. The maximum Gasteiger partial charge on any atom is 0.333 e. The lowest BCUT2D eigenvalue weighted by atomic mass is 10.0. The molecular weight excluding hydrogens is 499 g/mol. The van der Waals surface area contributed by atoms with Crippen LogP contribution in [0, 0.1) is 5.82 Å². The van der Waals surface area contributed by atoms with Gasteiger partial charge in [0.15, 0.2) is 0 Å². The number of carbonyl (C=O) groups is 2. The van der Waals surface area contributed by atoms with E-state index in [1.807, 2.05) is 49.3 Å². The molecule has 0 fully saturated rings. The number of carboxylic acid groups (broad SMARTS) is 1. The molecule has 1 heterocycles. The maximum atomic E-state index is 14.0. The molecule has 0 bridgehead atoms. The fourth-order valence-corrected chi connectivity index (χ4v) is 4.43. The Morgan fingerprint density at radius 3 is 2.41 bits per heavy atom. The van der Waals surface area contributed by atoms with Crippen molar-refractivity contribution in [1.82, 2.24) is 14.5 Å². The molecular formula is C27H26ClFN4O4. The molecule has 0 spiro atoms. The highest BCUT2D eigenvalue weighted by Crippen LogP contribution is 2.23. The lowest BCUT2D eigenvalue weighted by Gasteiger charge is -2.16. The van der Waals surface area contributed by atoms with Gasteiger partial charge in [0, 0.05) is 26.8 Å². The van der Waals surface area contributed by atoms with Gasteiger partial charge in [-0.2, -0.15) is 0 Å². The molecule has 0 saturated carbocycles. The van der Waals surface area contributed by atoms with Gasteiger partial charge >= 0.3 is 11.7 Å². The second-order valence-electron chi connectivity index (χ2n) is 8.91. The van der Waals surface area contributed by atoms with Crippen LogP contribution in [-0.4, -0.2) is 46.3 Å². The Morgan fingerprint density at radius 1 is 1.08 bits per heavy atom. The lowest BCUT2D eigenvalue weighted by molar-refractivity contribution is -0.139. The van der Waals surface area contributed by atoms with Crippen LogP contribution < -0.4 is 15.9 Å². The number of rotatable bonds is 8. The van der Waals surface area contributed by atoms with E-state index in [1.165, 1.54) is 12.1 Å². The number of nitrogens with one attached hydrogen (secondary N) is 1. The minimum Gasteiger partial charge on any atom is -0.480 e. The Hall–Kier alpha value is -4.11. The number of hydrogen-bond acceptors (Lipinski definition) is 4. The van der Waals surface area contributed by atoms with Crippen molar-refractivity contribution in [3.8, 4) is 5.69 Å². The molecule has 0 aliphatic heterocycles. The van der Waals surface area contributed by atoms with E-state index in [2.05, 4.69) is 5.32 Å². The average molecular weight is 525 g/mol. The van der Waals surface area contributed by atoms with Crippen molar-refractivity contribution >= 4 is 40.2 Å². The Kier molecular flexibility index (Phi) is 7.35. The number of carboxylic acids is 1. The summed E-state index contributed by atoms with van der Waals surface area (Å²) in [6.07, 6.45) is 0.407. The standard InChI is InChI=1S/C27H26ClFN4O4/c1-31(2)18-12-14-22-23(15-18)33(27(37)32(22)3)17-10-7-16(8-11-17)9-13-21(26(35)36)30-25(34)24-19(28)5-4-6-20(24)29/h4-8,10-12,14-15,21H,9,13H2,1-3H3,(H,30,34)(H,35,36)/t21-/m0/s1. The number of carbonyl (C=O) groups excluding carboxylic acids is 1. The number of fused-ring (bicyclic) bond motifs is 1. The third-order valence-corrected chi connectivity index (χ3v) is 6.58. The molecule has 2 N–H and O–H groups in total. The minimum absolute atomic E-state index is 0.0763. The number of anilines is 1. The Balaban J connectivity index is 1.53. The van der Waals surface area contributed by atoms with E-state index >= 15 is 0 Å². The predicted molar refractivity (Wildman–Crippen MR) is 141 cm³/mol. The summed E-state index contributed by atoms with van der Waals surface area (Å²) in [5.41, 5.74) is 3.45. The molecule has 4 rings (SSSR count). The molecule has 8 nitrogen and oxygen atoms in total. The van der Waals surface area contributed by atoms with E-state index in [9.17, 15) is 23.9 Å². The zero-order chi connectivity index (χ0) is 26.9. The molecule has 0 radical (unpaired) electrons. The Labute approximate surface area is 217 Å². The fourth-order valence-electron chi connectivity index (χ4n) is 4.18. The topological polar surface area (TPSA) is 96.6 Å². The lowest BCUT2D eigenvalue weighted by Crippen LogP contribution is -2.41. The van der Waals surface area contributed by atoms with Crippen LogP contribution in [0.5, 0.6) is 0 Å². The van der Waals surface area contributed by atoms with Crippen LogP contribution in [0.25, 0.3) is 16.7 Å². The second-order valence-corrected chi connectivity index (χ2v) is 9.32. The number of aryl methyl sites for hydroxylation is 2. The zero-order valence-electron chi connectivity index (χ0n) is 20.5. The van der Waals surface area contributed by atoms with Gasteiger partial charge in [0.2, 0.25) is 0 Å². The number of aliphatic carboxylic acids is 1. The zero-order valence-corrected chi connectivity index (χ0v) is 21.3. The van der Waals surface area contributed by atoms with Crippen molar-refractivity contribution in [2.24, 2.45) is 7.05 Å². The third kappa shape index (κ3) is 5.22. The van der Waals surface area contributed by atoms with Crippen molar-refractivity contribution in [3.63, 3.8) is 0 Å². The molecule has 3 aromatic carbocycles. The van der Waals surface area contributed by atoms with Gasteiger partial charge in [-0.1, -0.05) is 29.8 Å². The number of halogens is 2. The van der Waals surface area contributed by atoms with Crippen molar-refractivity contribution in [2.75, 3.05) is 19.0 Å². The largest absolute Gasteiger partial charge is 0.480 e. The molecule has 0 aliphatic rings. The van der Waals surface area contributed by atoms with Gasteiger partial charge in [-0.3, -0.25) is 13.9 Å². The summed E-state index contributed by atoms with van der Waals surface area (Å²) < 4.78 is 17.3. The van der Waals surface area contributed by atoms with Crippen LogP contribution in [0.3, 0.4) is 0 Å². The van der Waals surface area contributed by atoms with Crippen LogP contribution in [0.1, 0.15) is 22.3 Å². The first kappa shape index (κ1) is 26.0. The van der Waals surface area contributed by atoms with Crippen LogP contribution in [0.4, 0.5) is 10.1 Å². The number of amides is 1. The fraction of sp³-hybridized carbons (Fsp3) is 0.222. The summed E-state index contributed by atoms with van der Waals surface area (Å²) >= 11 is 5.92. The van der Waals surface area contributed by atoms with Crippen LogP contribution in [0.2, 0.25) is 5.02 Å². The molecule has 192 valence electrons. The van der Waals surface area contributed by atoms with Crippen LogP contribution >= 0.6 is 11.6 Å². The van der Waals surface area contributed by atoms with Crippen molar-refractivity contribution in [2.45, 2.75) is 18.9 Å². The van der Waals surface area contributed by atoms with Crippen LogP contribution in [0.15, 0.2) is 65.5 Å². The van der Waals surface area contributed by atoms with Gasteiger partial charge in [-0.15, -0.1) is 0 Å². The van der Waals surface area contributed by atoms with E-state index in [0.29, 0.717) is 12.1 Å². The summed E-state index contributed by atoms with van der Waals surface area (Å²) in [6.45, 7) is 0. The molecule has 0 unspecified atom stereocenters. The summed E-state index contributed by atoms with van der Waals surface area (Å²) in [5.74, 6) is -2.96. The molecule has 10 heteroatoms. The number of nitrogens with zero attached hydrogens (tertiary/aromatic N) is 3. The summed E-state index contributed by atoms with van der Waals surface area (Å²) in [6, 6.07) is 15.6. The molecule has 0 saturated heterocycles. The third-order valence-electron chi connectivity index (χ3n) is 6.27. The first-order valence-corrected chi connectivity index (χ1v) is 11.9. The highest BCUT2D eigenvalue weighted by molar-refractivity contribution is 6.33. The normalized spacial score (nSPS) is 11.9. The molecule has 0 aliphatic carbocycles. The quantitative estimate of drug-likeness (QED) is 0.363. The highest BCUT2D eigenvalue weighted by Gasteiger charge is 2.24. The first-order chi connectivity index (χ1) is 17.6. The van der Waals surface area contributed by atoms with Gasteiger partial charge in [-0.05, 0) is 60.9 Å². The average Bonchev–Trinajstić information content (AvgIpc) is 3.11. The Bertz CT molecular complexity index is 1520. The monoisotopic (exact) mass is 524 g/mol. The number of benzene rings is 3. The minimum atomic E-state index is -1.24. The van der Waals surface area contributed by atoms with Gasteiger partial charge in [-0.25, -0.2) is 14.0 Å². The molecule has 1 amide bonds. The Morgan fingerprint density at radius 2 is 1.78 bits per heavy atom. The van der Waals surface area contributed by atoms with Gasteiger partial charge < -0.3 is 15.3 Å². The highest BCUT2D eigenvalue weighted by atomic mass is 35.5.